The van der Waals surface area contributed by atoms with Crippen LogP contribution in [0.3, 0.4) is 0 Å². The predicted octanol–water partition coefficient (Wildman–Crippen LogP) is 19.7. The summed E-state index contributed by atoms with van der Waals surface area (Å²) in [7, 11) is 0. The number of aryl methyl sites for hydroxylation is 2. The van der Waals surface area contributed by atoms with Gasteiger partial charge in [-0.25, -0.2) is 0 Å². The van der Waals surface area contributed by atoms with Crippen LogP contribution in [0.25, 0.3) is 76.7 Å². The van der Waals surface area contributed by atoms with E-state index in [0.717, 1.165) is 103 Å². The normalized spacial score (nSPS) is 18.0. The summed E-state index contributed by atoms with van der Waals surface area (Å²) < 4.78 is 15.0. The minimum Gasteiger partial charge on any atom is -0.467 e. The van der Waals surface area contributed by atoms with Crippen LogP contribution in [0.5, 0.6) is 0 Å². The van der Waals surface area contributed by atoms with E-state index in [2.05, 4.69) is 275 Å². The van der Waals surface area contributed by atoms with Crippen LogP contribution >= 0.6 is 0 Å². The van der Waals surface area contributed by atoms with Gasteiger partial charge in [-0.15, -0.1) is 0 Å². The first kappa shape index (κ1) is 49.4. The molecule has 1 aliphatic carbocycles. The number of hydrogen-bond acceptors (Lipinski definition) is 5. The lowest BCUT2D eigenvalue weighted by Gasteiger charge is -2.51. The molecule has 84 heavy (non-hydrogen) atoms. The van der Waals surface area contributed by atoms with Gasteiger partial charge in [0.1, 0.15) is 16.9 Å². The Morgan fingerprint density at radius 2 is 1.04 bits per heavy atom. The molecule has 406 valence electrons. The van der Waals surface area contributed by atoms with E-state index < -0.39 is 0 Å². The van der Waals surface area contributed by atoms with E-state index in [1.54, 1.807) is 0 Å². The zero-order valence-corrected chi connectivity index (χ0v) is 48.8. The van der Waals surface area contributed by atoms with Crippen molar-refractivity contribution in [3.05, 3.63) is 235 Å². The van der Waals surface area contributed by atoms with Crippen LogP contribution in [-0.2, 0) is 10.8 Å². The molecule has 13 aromatic rings. The predicted molar refractivity (Wildman–Crippen MR) is 354 cm³/mol. The van der Waals surface area contributed by atoms with Gasteiger partial charge in [0, 0.05) is 67.6 Å². The molecule has 1 fully saturated rings. The molecule has 0 amide bonds. The average Bonchev–Trinajstić information content (AvgIpc) is 3.73. The number of anilines is 8. The maximum absolute atomic E-state index is 8.00. The van der Waals surface area contributed by atoms with E-state index in [9.17, 15) is 0 Å². The first-order valence-corrected chi connectivity index (χ1v) is 30.2. The first-order valence-electron chi connectivity index (χ1n) is 30.2. The van der Waals surface area contributed by atoms with Gasteiger partial charge < -0.3 is 23.5 Å². The van der Waals surface area contributed by atoms with Crippen LogP contribution in [0.15, 0.2) is 221 Å². The Balaban J connectivity index is 1.06. The van der Waals surface area contributed by atoms with Crippen molar-refractivity contribution in [2.24, 2.45) is 0 Å². The lowest BCUT2D eigenvalue weighted by Crippen LogP contribution is -2.61. The third kappa shape index (κ3) is 6.74. The van der Waals surface area contributed by atoms with Crippen LogP contribution in [-0.4, -0.2) is 12.3 Å². The van der Waals surface area contributed by atoms with Gasteiger partial charge in [0.05, 0.1) is 22.4 Å². The standard InChI is InChI=1S/C78H64BN3O2/c1-47-22-8-10-24-53(47)71-73-75(84-74(71)54-25-11-9-23-48(54)2)79-64-45-62-60-30-16-19-33-69(60)83-70(62)46-66(64)80(51-38-39-59-57-28-13-12-26-55(57)56-27-14-15-29-58(56)61(59)42-51)67-43-52(44-68(72(67)79)81(73)50-36-34-49(35-37-50)76(3,4)5)82-65-32-18-17-31-63(65)77(6)40-20-21-41-78(77,82)7/h8-19,22-39,42-46H,20-21,40-41H2,1-7H3. The fourth-order valence-corrected chi connectivity index (χ4v) is 16.1. The minimum absolute atomic E-state index is 0.0504. The highest BCUT2D eigenvalue weighted by Gasteiger charge is 2.58. The molecule has 6 heteroatoms. The highest BCUT2D eigenvalue weighted by Crippen LogP contribution is 2.62. The molecular formula is C78H64BN3O2. The summed E-state index contributed by atoms with van der Waals surface area (Å²) in [6.07, 6.45) is 4.60. The molecule has 0 saturated heterocycles. The van der Waals surface area contributed by atoms with Crippen molar-refractivity contribution in [3.63, 3.8) is 0 Å². The van der Waals surface area contributed by atoms with Gasteiger partial charge in [0.25, 0.3) is 6.71 Å². The summed E-state index contributed by atoms with van der Waals surface area (Å²) >= 11 is 0. The number of furan rings is 2. The lowest BCUT2D eigenvalue weighted by atomic mass is 9.35. The summed E-state index contributed by atoms with van der Waals surface area (Å²) in [5.74, 6) is 0.879. The van der Waals surface area contributed by atoms with Crippen LogP contribution in [0.4, 0.5) is 45.5 Å². The number of nitrogens with zero attached hydrogens (tertiary/aromatic N) is 3. The van der Waals surface area contributed by atoms with E-state index in [-0.39, 0.29) is 23.1 Å². The molecule has 1 saturated carbocycles. The highest BCUT2D eigenvalue weighted by atomic mass is 16.3. The fraction of sp³-hybridized carbons (Fsp3) is 0.179. The van der Waals surface area contributed by atoms with Crippen molar-refractivity contribution in [3.8, 4) is 22.5 Å². The molecule has 17 rings (SSSR count). The van der Waals surface area contributed by atoms with Gasteiger partial charge in [-0.1, -0.05) is 198 Å². The molecule has 0 N–H and O–H groups in total. The van der Waals surface area contributed by atoms with Gasteiger partial charge in [-0.05, 0) is 159 Å². The summed E-state index contributed by atoms with van der Waals surface area (Å²) in [4.78, 5) is 7.97. The number of fused-ring (bicyclic) bond motifs is 16. The van der Waals surface area contributed by atoms with Gasteiger partial charge >= 0.3 is 0 Å². The van der Waals surface area contributed by atoms with Crippen LogP contribution in [0, 0.1) is 13.8 Å². The van der Waals surface area contributed by atoms with Crippen LogP contribution in [0.1, 0.15) is 82.6 Å². The molecule has 0 spiro atoms. The molecule has 0 radical (unpaired) electrons. The largest absolute Gasteiger partial charge is 0.467 e. The number of rotatable bonds is 5. The Morgan fingerprint density at radius 3 is 1.74 bits per heavy atom. The molecule has 5 heterocycles. The van der Waals surface area contributed by atoms with E-state index in [1.165, 1.54) is 84.1 Å². The van der Waals surface area contributed by atoms with Crippen molar-refractivity contribution in [1.29, 1.82) is 0 Å². The third-order valence-corrected chi connectivity index (χ3v) is 20.4. The zero-order chi connectivity index (χ0) is 56.5. The molecular weight excluding hydrogens is 1020 g/mol. The van der Waals surface area contributed by atoms with Gasteiger partial charge in [-0.2, -0.15) is 0 Å². The number of hydrogen-bond donors (Lipinski definition) is 0. The highest BCUT2D eigenvalue weighted by molar-refractivity contribution is 7.00. The SMILES string of the molecule is Cc1ccccc1-c1oc2c(c1-c1ccccc1C)N(c1ccc(C(C)(C)C)cc1)c1cc(N3c4ccccc4C4(C)CCCCC34C)cc3c1B2c1cc2c(cc1N3c1ccc3c4ccccc4c4ccccc4c3c1)oc1ccccc12. The summed E-state index contributed by atoms with van der Waals surface area (Å²) in [6.45, 7) is 16.2. The smallest absolute Gasteiger partial charge is 0.297 e. The van der Waals surface area contributed by atoms with Gasteiger partial charge in [0.2, 0.25) is 0 Å². The van der Waals surface area contributed by atoms with Crippen molar-refractivity contribution in [1.82, 2.24) is 0 Å². The second-order valence-electron chi connectivity index (χ2n) is 25.9. The maximum atomic E-state index is 8.00. The fourth-order valence-electron chi connectivity index (χ4n) is 16.1. The molecule has 2 unspecified atom stereocenters. The van der Waals surface area contributed by atoms with Crippen molar-refractivity contribution in [2.45, 2.75) is 90.5 Å². The number of para-hydroxylation sites is 2. The molecule has 2 atom stereocenters. The molecule has 4 aliphatic rings. The third-order valence-electron chi connectivity index (χ3n) is 20.4. The maximum Gasteiger partial charge on any atom is 0.297 e. The van der Waals surface area contributed by atoms with Crippen LogP contribution < -0.4 is 31.3 Å². The van der Waals surface area contributed by atoms with Gasteiger partial charge in [-0.3, -0.25) is 0 Å². The summed E-state index contributed by atoms with van der Waals surface area (Å²) in [5, 5.41) is 9.66. The Hall–Kier alpha value is -9.26. The molecule has 5 nitrogen and oxygen atoms in total. The van der Waals surface area contributed by atoms with E-state index >= 15 is 0 Å². The summed E-state index contributed by atoms with van der Waals surface area (Å²) in [5.41, 5.74) is 22.2. The zero-order valence-electron chi connectivity index (χ0n) is 48.8. The Labute approximate surface area is 491 Å². The second-order valence-corrected chi connectivity index (χ2v) is 25.9. The Morgan fingerprint density at radius 1 is 0.452 bits per heavy atom. The average molecular weight is 1090 g/mol. The van der Waals surface area contributed by atoms with E-state index in [1.807, 2.05) is 0 Å². The topological polar surface area (TPSA) is 36.0 Å². The van der Waals surface area contributed by atoms with Crippen molar-refractivity contribution < 1.29 is 8.83 Å². The van der Waals surface area contributed by atoms with Crippen LogP contribution in [0.2, 0.25) is 0 Å². The molecule has 0 bridgehead atoms. The first-order chi connectivity index (χ1) is 40.9. The molecule has 2 aromatic heterocycles. The number of benzene rings is 11. The lowest BCUT2D eigenvalue weighted by molar-refractivity contribution is 0.195. The summed E-state index contributed by atoms with van der Waals surface area (Å²) in [6, 6.07) is 80.0. The van der Waals surface area contributed by atoms with Gasteiger partial charge in [0.15, 0.2) is 0 Å². The monoisotopic (exact) mass is 1090 g/mol. The quantitative estimate of drug-likeness (QED) is 0.127. The molecule has 3 aliphatic heterocycles. The molecule has 11 aromatic carbocycles. The Kier molecular flexibility index (Phi) is 10.4. The second kappa shape index (κ2) is 17.6. The van der Waals surface area contributed by atoms with E-state index in [4.69, 9.17) is 8.83 Å². The Bertz CT molecular complexity index is 4910. The minimum atomic E-state index is -0.333. The van der Waals surface area contributed by atoms with E-state index in [0.29, 0.717) is 0 Å². The van der Waals surface area contributed by atoms with Crippen molar-refractivity contribution >= 4 is 123 Å². The van der Waals surface area contributed by atoms with Crippen molar-refractivity contribution in [2.75, 3.05) is 14.7 Å².